The lowest BCUT2D eigenvalue weighted by Gasteiger charge is -2.44. The molecule has 1 unspecified atom stereocenters. The number of piperazine rings is 1. The molecule has 3 aromatic rings. The molecule has 3 amide bonds. The third-order valence-electron chi connectivity index (χ3n) is 5.70. The maximum absolute atomic E-state index is 13.4. The monoisotopic (exact) mass is 468 g/mol. The number of hydrogen-bond donors (Lipinski definition) is 2. The first-order valence-electron chi connectivity index (χ1n) is 10.5. The van der Waals surface area contributed by atoms with Gasteiger partial charge in [-0.3, -0.25) is 4.79 Å². The van der Waals surface area contributed by atoms with E-state index in [1.54, 1.807) is 29.2 Å². The van der Waals surface area contributed by atoms with E-state index in [1.807, 2.05) is 25.1 Å². The molecule has 2 aromatic carbocycles. The SMILES string of the molecule is COC[C@H]1C(=O)N(Cc2ccc3c(N)ncnc3c2)C(C)CN1C(=O)Nc1ccc(Cl)cc1. The number of halogens is 1. The third kappa shape index (κ3) is 4.84. The Balaban J connectivity index is 1.53. The Labute approximate surface area is 196 Å². The zero-order valence-corrected chi connectivity index (χ0v) is 19.1. The smallest absolute Gasteiger partial charge is 0.322 e. The van der Waals surface area contributed by atoms with Crippen molar-refractivity contribution in [3.05, 3.63) is 59.4 Å². The van der Waals surface area contributed by atoms with Crippen molar-refractivity contribution >= 4 is 45.9 Å². The molecule has 1 aliphatic rings. The number of amides is 3. The predicted octanol–water partition coefficient (Wildman–Crippen LogP) is 3.15. The largest absolute Gasteiger partial charge is 0.383 e. The fraction of sp³-hybridized carbons (Fsp3) is 0.304. The normalized spacial score (nSPS) is 18.6. The highest BCUT2D eigenvalue weighted by atomic mass is 35.5. The first-order valence-corrected chi connectivity index (χ1v) is 10.9. The van der Waals surface area contributed by atoms with E-state index >= 15 is 0 Å². The average molecular weight is 469 g/mol. The minimum absolute atomic E-state index is 0.0948. The number of hydrogen-bond acceptors (Lipinski definition) is 6. The summed E-state index contributed by atoms with van der Waals surface area (Å²) in [6, 6.07) is 11.2. The quantitative estimate of drug-likeness (QED) is 0.594. The van der Waals surface area contributed by atoms with Gasteiger partial charge >= 0.3 is 6.03 Å². The van der Waals surface area contributed by atoms with Crippen LogP contribution in [-0.2, 0) is 16.1 Å². The van der Waals surface area contributed by atoms with Crippen molar-refractivity contribution in [3.63, 3.8) is 0 Å². The Morgan fingerprint density at radius 2 is 2.00 bits per heavy atom. The van der Waals surface area contributed by atoms with E-state index in [9.17, 15) is 9.59 Å². The number of rotatable bonds is 5. The van der Waals surface area contributed by atoms with Crippen LogP contribution in [0.15, 0.2) is 48.8 Å². The lowest BCUT2D eigenvalue weighted by molar-refractivity contribution is -0.146. The molecule has 1 aromatic heterocycles. The van der Waals surface area contributed by atoms with Crippen molar-refractivity contribution in [3.8, 4) is 0 Å². The van der Waals surface area contributed by atoms with Crippen LogP contribution in [0.3, 0.4) is 0 Å². The topological polar surface area (TPSA) is 114 Å². The molecule has 0 saturated carbocycles. The van der Waals surface area contributed by atoms with Crippen molar-refractivity contribution in [2.24, 2.45) is 0 Å². The Morgan fingerprint density at radius 1 is 1.24 bits per heavy atom. The molecule has 10 heteroatoms. The average Bonchev–Trinajstić information content (AvgIpc) is 2.80. The molecule has 4 rings (SSSR count). The summed E-state index contributed by atoms with van der Waals surface area (Å²) in [7, 11) is 1.51. The Morgan fingerprint density at radius 3 is 2.73 bits per heavy atom. The Hall–Kier alpha value is -3.43. The van der Waals surface area contributed by atoms with Crippen LogP contribution >= 0.6 is 11.6 Å². The summed E-state index contributed by atoms with van der Waals surface area (Å²) < 4.78 is 5.29. The predicted molar refractivity (Wildman–Crippen MR) is 127 cm³/mol. The second-order valence-electron chi connectivity index (χ2n) is 7.99. The molecule has 3 N–H and O–H groups in total. The van der Waals surface area contributed by atoms with E-state index in [0.29, 0.717) is 29.6 Å². The van der Waals surface area contributed by atoms with Crippen LogP contribution in [0.2, 0.25) is 5.02 Å². The van der Waals surface area contributed by atoms with Crippen molar-refractivity contribution in [1.82, 2.24) is 19.8 Å². The van der Waals surface area contributed by atoms with Gasteiger partial charge in [0.1, 0.15) is 18.2 Å². The van der Waals surface area contributed by atoms with Gasteiger partial charge in [0.05, 0.1) is 12.1 Å². The van der Waals surface area contributed by atoms with E-state index in [1.165, 1.54) is 18.3 Å². The number of benzene rings is 2. The van der Waals surface area contributed by atoms with E-state index in [4.69, 9.17) is 22.1 Å². The number of nitrogens with zero attached hydrogens (tertiary/aromatic N) is 4. The molecule has 0 radical (unpaired) electrons. The minimum Gasteiger partial charge on any atom is -0.383 e. The number of carbonyl (C=O) groups excluding carboxylic acids is 2. The van der Waals surface area contributed by atoms with Gasteiger partial charge in [0, 0.05) is 42.3 Å². The fourth-order valence-corrected chi connectivity index (χ4v) is 4.10. The first-order chi connectivity index (χ1) is 15.9. The van der Waals surface area contributed by atoms with Crippen molar-refractivity contribution < 1.29 is 14.3 Å². The molecule has 0 aliphatic carbocycles. The molecule has 1 aliphatic heterocycles. The van der Waals surface area contributed by atoms with Crippen LogP contribution < -0.4 is 11.1 Å². The molecule has 2 atom stereocenters. The van der Waals surface area contributed by atoms with Gasteiger partial charge in [-0.25, -0.2) is 14.8 Å². The highest BCUT2D eigenvalue weighted by molar-refractivity contribution is 6.30. The third-order valence-corrected chi connectivity index (χ3v) is 5.95. The number of carbonyl (C=O) groups is 2. The molecule has 9 nitrogen and oxygen atoms in total. The number of urea groups is 1. The van der Waals surface area contributed by atoms with Crippen molar-refractivity contribution in [1.29, 1.82) is 0 Å². The molecule has 1 saturated heterocycles. The summed E-state index contributed by atoms with van der Waals surface area (Å²) in [5.74, 6) is 0.237. The minimum atomic E-state index is -0.739. The van der Waals surface area contributed by atoms with Gasteiger partial charge in [-0.05, 0) is 48.9 Å². The highest BCUT2D eigenvalue weighted by Crippen LogP contribution is 2.24. The standard InChI is InChI=1S/C23H25ClN6O3/c1-14-10-30(23(32)28-17-6-4-16(24)5-7-17)20(12-33-2)22(31)29(14)11-15-3-8-18-19(9-15)26-13-27-21(18)25/h3-9,13-14,20H,10-12H2,1-2H3,(H,28,32)(H2,25,26,27)/t14?,20-/m0/s1. The summed E-state index contributed by atoms with van der Waals surface area (Å²) in [6.07, 6.45) is 1.42. The second kappa shape index (κ2) is 9.60. The van der Waals surface area contributed by atoms with E-state index in [0.717, 1.165) is 16.5 Å². The van der Waals surface area contributed by atoms with Gasteiger partial charge < -0.3 is 25.6 Å². The number of aromatic nitrogens is 2. The van der Waals surface area contributed by atoms with Crippen LogP contribution in [0.4, 0.5) is 16.3 Å². The van der Waals surface area contributed by atoms with E-state index in [-0.39, 0.29) is 24.6 Å². The molecule has 0 bridgehead atoms. The summed E-state index contributed by atoms with van der Waals surface area (Å²) in [5, 5.41) is 4.17. The van der Waals surface area contributed by atoms with Crippen molar-refractivity contribution in [2.45, 2.75) is 25.6 Å². The molecule has 33 heavy (non-hydrogen) atoms. The zero-order chi connectivity index (χ0) is 23.5. The van der Waals surface area contributed by atoms with Crippen LogP contribution in [0.25, 0.3) is 10.9 Å². The van der Waals surface area contributed by atoms with Crippen LogP contribution in [0, 0.1) is 0 Å². The number of nitrogens with two attached hydrogens (primary N) is 1. The maximum Gasteiger partial charge on any atom is 0.322 e. The number of nitrogens with one attached hydrogen (secondary N) is 1. The maximum atomic E-state index is 13.4. The van der Waals surface area contributed by atoms with Gasteiger partial charge in [0.25, 0.3) is 0 Å². The number of nitrogen functional groups attached to an aromatic ring is 1. The number of methoxy groups -OCH3 is 1. The molecule has 172 valence electrons. The van der Waals surface area contributed by atoms with Crippen LogP contribution in [-0.4, -0.2) is 64.1 Å². The second-order valence-corrected chi connectivity index (χ2v) is 8.42. The molecule has 0 spiro atoms. The first kappa shape index (κ1) is 22.8. The van der Waals surface area contributed by atoms with Gasteiger partial charge in [-0.1, -0.05) is 17.7 Å². The van der Waals surface area contributed by atoms with E-state index in [2.05, 4.69) is 15.3 Å². The molecule has 1 fully saturated rings. The lowest BCUT2D eigenvalue weighted by Crippen LogP contribution is -2.63. The van der Waals surface area contributed by atoms with Gasteiger partial charge in [-0.2, -0.15) is 0 Å². The van der Waals surface area contributed by atoms with E-state index < -0.39 is 6.04 Å². The number of ether oxygens (including phenoxy) is 1. The Bertz CT molecular complexity index is 1170. The van der Waals surface area contributed by atoms with Gasteiger partial charge in [-0.15, -0.1) is 0 Å². The lowest BCUT2D eigenvalue weighted by atomic mass is 10.0. The van der Waals surface area contributed by atoms with Gasteiger partial charge in [0.15, 0.2) is 0 Å². The number of fused-ring (bicyclic) bond motifs is 1. The summed E-state index contributed by atoms with van der Waals surface area (Å²) in [4.78, 5) is 38.0. The summed E-state index contributed by atoms with van der Waals surface area (Å²) in [6.45, 7) is 2.76. The highest BCUT2D eigenvalue weighted by Gasteiger charge is 2.41. The summed E-state index contributed by atoms with van der Waals surface area (Å²) >= 11 is 5.92. The van der Waals surface area contributed by atoms with Crippen LogP contribution in [0.1, 0.15) is 12.5 Å². The van der Waals surface area contributed by atoms with Crippen LogP contribution in [0.5, 0.6) is 0 Å². The molecule has 2 heterocycles. The van der Waals surface area contributed by atoms with Crippen molar-refractivity contribution in [2.75, 3.05) is 31.3 Å². The van der Waals surface area contributed by atoms with Gasteiger partial charge in [0.2, 0.25) is 5.91 Å². The Kier molecular flexibility index (Phi) is 6.62. The summed E-state index contributed by atoms with van der Waals surface area (Å²) in [5.41, 5.74) is 8.14. The molecular weight excluding hydrogens is 444 g/mol. The zero-order valence-electron chi connectivity index (χ0n) is 18.4. The molecular formula is C23H25ClN6O3. The number of anilines is 2. The fourth-order valence-electron chi connectivity index (χ4n) is 3.98.